The second-order valence-corrected chi connectivity index (χ2v) is 7.08. The number of carbonyl (C=O) groups excluding carboxylic acids is 1. The lowest BCUT2D eigenvalue weighted by Gasteiger charge is -2.27. The van der Waals surface area contributed by atoms with E-state index in [4.69, 9.17) is 9.84 Å². The predicted molar refractivity (Wildman–Crippen MR) is 95.0 cm³/mol. The average Bonchev–Trinajstić information content (AvgIpc) is 2.59. The summed E-state index contributed by atoms with van der Waals surface area (Å²) in [6.07, 6.45) is 3.85. The maximum absolute atomic E-state index is 12.0. The fourth-order valence-electron chi connectivity index (χ4n) is 2.92. The van der Waals surface area contributed by atoms with Crippen molar-refractivity contribution in [1.29, 1.82) is 0 Å². The highest BCUT2D eigenvalue weighted by Crippen LogP contribution is 2.23. The van der Waals surface area contributed by atoms with Crippen molar-refractivity contribution in [2.75, 3.05) is 13.2 Å². The molecule has 0 unspecified atom stereocenters. The van der Waals surface area contributed by atoms with Crippen molar-refractivity contribution in [3.8, 4) is 5.75 Å². The Kier molecular flexibility index (Phi) is 7.37. The molecule has 0 heterocycles. The Morgan fingerprint density at radius 3 is 2.71 bits per heavy atom. The highest BCUT2D eigenvalue weighted by atomic mass is 16.5. The van der Waals surface area contributed by atoms with Crippen molar-refractivity contribution < 1.29 is 14.6 Å². The summed E-state index contributed by atoms with van der Waals surface area (Å²) >= 11 is 0. The molecular formula is C19H30N2O3. The second kappa shape index (κ2) is 9.52. The molecule has 1 saturated carbocycles. The lowest BCUT2D eigenvalue weighted by atomic mass is 9.87. The van der Waals surface area contributed by atoms with Gasteiger partial charge in [-0.25, -0.2) is 4.79 Å². The number of hydrogen-bond donors (Lipinski definition) is 3. The van der Waals surface area contributed by atoms with Crippen molar-refractivity contribution in [3.05, 3.63) is 29.8 Å². The lowest BCUT2D eigenvalue weighted by Crippen LogP contribution is -2.43. The number of benzene rings is 1. The highest BCUT2D eigenvalue weighted by molar-refractivity contribution is 5.74. The van der Waals surface area contributed by atoms with Gasteiger partial charge in [-0.1, -0.05) is 26.0 Å². The first-order valence-corrected chi connectivity index (χ1v) is 8.93. The molecule has 5 nitrogen and oxygen atoms in total. The van der Waals surface area contributed by atoms with E-state index in [1.165, 1.54) is 0 Å². The van der Waals surface area contributed by atoms with Gasteiger partial charge < -0.3 is 20.5 Å². The Morgan fingerprint density at radius 1 is 1.29 bits per heavy atom. The van der Waals surface area contributed by atoms with Gasteiger partial charge in [0.15, 0.2) is 0 Å². The van der Waals surface area contributed by atoms with Crippen molar-refractivity contribution in [1.82, 2.24) is 10.6 Å². The summed E-state index contributed by atoms with van der Waals surface area (Å²) in [7, 11) is 0. The van der Waals surface area contributed by atoms with Gasteiger partial charge >= 0.3 is 6.03 Å². The number of nitrogens with one attached hydrogen (secondary N) is 2. The third-order valence-electron chi connectivity index (χ3n) is 4.38. The van der Waals surface area contributed by atoms with Gasteiger partial charge in [0.1, 0.15) is 5.75 Å². The van der Waals surface area contributed by atoms with Crippen LogP contribution in [-0.4, -0.2) is 30.4 Å². The summed E-state index contributed by atoms with van der Waals surface area (Å²) in [6, 6.07) is 7.92. The van der Waals surface area contributed by atoms with E-state index in [-0.39, 0.29) is 18.7 Å². The Bertz CT molecular complexity index is 511. The van der Waals surface area contributed by atoms with Crippen LogP contribution in [0.5, 0.6) is 5.75 Å². The molecule has 0 radical (unpaired) electrons. The van der Waals surface area contributed by atoms with Gasteiger partial charge in [0.25, 0.3) is 0 Å². The molecule has 2 rings (SSSR count). The number of ether oxygens (including phenoxy) is 1. The maximum atomic E-state index is 12.0. The molecule has 2 amide bonds. The molecule has 3 N–H and O–H groups in total. The normalized spacial score (nSPS) is 20.7. The molecule has 0 atom stereocenters. The summed E-state index contributed by atoms with van der Waals surface area (Å²) in [5.74, 6) is 1.73. The highest BCUT2D eigenvalue weighted by Gasteiger charge is 2.21. The molecule has 1 aliphatic rings. The second-order valence-electron chi connectivity index (χ2n) is 7.08. The predicted octanol–water partition coefficient (Wildman–Crippen LogP) is 3.07. The van der Waals surface area contributed by atoms with E-state index in [1.807, 2.05) is 24.3 Å². The minimum Gasteiger partial charge on any atom is -0.493 e. The number of hydrogen-bond acceptors (Lipinski definition) is 3. The van der Waals surface area contributed by atoms with Gasteiger partial charge in [-0.3, -0.25) is 0 Å². The third-order valence-corrected chi connectivity index (χ3v) is 4.38. The molecule has 134 valence electrons. The van der Waals surface area contributed by atoms with Gasteiger partial charge in [0.05, 0.1) is 6.61 Å². The Labute approximate surface area is 144 Å². The van der Waals surface area contributed by atoms with Gasteiger partial charge in [-0.2, -0.15) is 0 Å². The standard InChI is InChI=1S/C19H30N2O3/c1-14(2)13-24-18-5-3-4-16(10-18)11-20-19(23)21-17-8-6-15(12-22)7-9-17/h3-5,10,14-15,17,22H,6-9,11-13H2,1-2H3,(H2,20,21,23). The summed E-state index contributed by atoms with van der Waals surface area (Å²) in [5.41, 5.74) is 1.02. The molecule has 0 spiro atoms. The molecule has 1 fully saturated rings. The fraction of sp³-hybridized carbons (Fsp3) is 0.632. The van der Waals surface area contributed by atoms with Crippen molar-refractivity contribution in [3.63, 3.8) is 0 Å². The number of amides is 2. The summed E-state index contributed by atoms with van der Waals surface area (Å²) in [4.78, 5) is 12.0. The first kappa shape index (κ1) is 18.6. The van der Waals surface area contributed by atoms with Gasteiger partial charge in [0.2, 0.25) is 0 Å². The van der Waals surface area contributed by atoms with E-state index in [9.17, 15) is 4.79 Å². The first-order valence-electron chi connectivity index (χ1n) is 8.93. The van der Waals surface area contributed by atoms with Crippen molar-refractivity contribution in [2.45, 2.75) is 52.1 Å². The van der Waals surface area contributed by atoms with Crippen LogP contribution in [0.25, 0.3) is 0 Å². The van der Waals surface area contributed by atoms with Crippen molar-refractivity contribution in [2.24, 2.45) is 11.8 Å². The van der Waals surface area contributed by atoms with Crippen LogP contribution in [0.15, 0.2) is 24.3 Å². The molecule has 1 aromatic carbocycles. The molecule has 0 saturated heterocycles. The first-order chi connectivity index (χ1) is 11.6. The largest absolute Gasteiger partial charge is 0.493 e. The number of urea groups is 1. The zero-order valence-corrected chi connectivity index (χ0v) is 14.8. The summed E-state index contributed by atoms with van der Waals surface area (Å²) < 4.78 is 5.71. The zero-order chi connectivity index (χ0) is 17.4. The zero-order valence-electron chi connectivity index (χ0n) is 14.8. The van der Waals surface area contributed by atoms with Gasteiger partial charge in [-0.05, 0) is 55.2 Å². The van der Waals surface area contributed by atoms with Crippen LogP contribution in [0.4, 0.5) is 4.79 Å². The van der Waals surface area contributed by atoms with E-state index in [1.54, 1.807) is 0 Å². The molecule has 0 aliphatic heterocycles. The summed E-state index contributed by atoms with van der Waals surface area (Å²) in [6.45, 7) is 5.66. The SMILES string of the molecule is CC(C)COc1cccc(CNC(=O)NC2CCC(CO)CC2)c1. The van der Waals surface area contributed by atoms with Crippen molar-refractivity contribution >= 4 is 6.03 Å². The molecule has 0 aromatic heterocycles. The molecule has 1 aliphatic carbocycles. The number of aliphatic hydroxyl groups excluding tert-OH is 1. The average molecular weight is 334 g/mol. The van der Waals surface area contributed by atoms with E-state index >= 15 is 0 Å². The van der Waals surface area contributed by atoms with Crippen LogP contribution in [0.3, 0.4) is 0 Å². The van der Waals surface area contributed by atoms with Crippen LogP contribution < -0.4 is 15.4 Å². The lowest BCUT2D eigenvalue weighted by molar-refractivity contribution is 0.174. The quantitative estimate of drug-likeness (QED) is 0.718. The number of aliphatic hydroxyl groups is 1. The van der Waals surface area contributed by atoms with E-state index < -0.39 is 0 Å². The smallest absolute Gasteiger partial charge is 0.315 e. The Hall–Kier alpha value is -1.75. The Balaban J connectivity index is 1.72. The third kappa shape index (κ3) is 6.40. The topological polar surface area (TPSA) is 70.6 Å². The van der Waals surface area contributed by atoms with E-state index in [2.05, 4.69) is 24.5 Å². The minimum atomic E-state index is -0.129. The van der Waals surface area contributed by atoms with Gasteiger partial charge in [0, 0.05) is 19.2 Å². The fourth-order valence-corrected chi connectivity index (χ4v) is 2.92. The van der Waals surface area contributed by atoms with Crippen LogP contribution in [-0.2, 0) is 6.54 Å². The van der Waals surface area contributed by atoms with Crippen LogP contribution in [0, 0.1) is 11.8 Å². The van der Waals surface area contributed by atoms with Crippen LogP contribution >= 0.6 is 0 Å². The van der Waals surface area contributed by atoms with E-state index in [0.717, 1.165) is 37.0 Å². The molecule has 24 heavy (non-hydrogen) atoms. The minimum absolute atomic E-state index is 0.129. The monoisotopic (exact) mass is 334 g/mol. The Morgan fingerprint density at radius 2 is 2.04 bits per heavy atom. The molecule has 1 aromatic rings. The number of carbonyl (C=O) groups is 1. The molecule has 5 heteroatoms. The molecule has 0 bridgehead atoms. The summed E-state index contributed by atoms with van der Waals surface area (Å²) in [5, 5.41) is 15.1. The number of rotatable bonds is 7. The van der Waals surface area contributed by atoms with Gasteiger partial charge in [-0.15, -0.1) is 0 Å². The molecular weight excluding hydrogens is 304 g/mol. The van der Waals surface area contributed by atoms with E-state index in [0.29, 0.717) is 25.0 Å². The van der Waals surface area contributed by atoms with Crippen LogP contribution in [0.2, 0.25) is 0 Å². The maximum Gasteiger partial charge on any atom is 0.315 e. The van der Waals surface area contributed by atoms with Crippen LogP contribution in [0.1, 0.15) is 45.1 Å².